The monoisotopic (exact) mass is 344 g/mol. The predicted octanol–water partition coefficient (Wildman–Crippen LogP) is 3.25. The zero-order chi connectivity index (χ0) is 18.0. The number of halogens is 3. The molecule has 1 heterocycles. The van der Waals surface area contributed by atoms with Crippen LogP contribution in [-0.4, -0.2) is 27.5 Å². The lowest BCUT2D eigenvalue weighted by atomic mass is 9.75. The Bertz CT molecular complexity index is 606. The van der Waals surface area contributed by atoms with Crippen molar-refractivity contribution in [3.8, 4) is 0 Å². The van der Waals surface area contributed by atoms with Crippen LogP contribution in [0.5, 0.6) is 0 Å². The van der Waals surface area contributed by atoms with E-state index in [1.165, 1.54) is 0 Å². The molecule has 132 valence electrons. The molecule has 5 nitrogen and oxygen atoms in total. The van der Waals surface area contributed by atoms with Gasteiger partial charge in [0.1, 0.15) is 11.2 Å². The molecule has 1 saturated carbocycles. The number of rotatable bonds is 4. The molecule has 1 amide bonds. The van der Waals surface area contributed by atoms with Gasteiger partial charge in [0.05, 0.1) is 5.56 Å². The highest BCUT2D eigenvalue weighted by Gasteiger charge is 2.43. The minimum absolute atomic E-state index is 0.0961. The number of carbonyl (C=O) groups is 2. The molecule has 24 heavy (non-hydrogen) atoms. The molecule has 8 heteroatoms. The standard InChI is InChI=1S/C16H19F3N2O3/c1-2-10-5-7-15(8-6-10,14(23)24)21-13(22)11-3-4-12(20-9-11)16(17,18)19/h3-4,9-10H,2,5-8H2,1H3,(H,21,22)(H,23,24). The van der Waals surface area contributed by atoms with E-state index in [0.717, 1.165) is 18.7 Å². The van der Waals surface area contributed by atoms with Gasteiger partial charge >= 0.3 is 12.1 Å². The number of carboxylic acids is 1. The first kappa shape index (κ1) is 18.2. The van der Waals surface area contributed by atoms with Crippen molar-refractivity contribution in [3.05, 3.63) is 29.6 Å². The molecule has 1 aliphatic rings. The van der Waals surface area contributed by atoms with E-state index >= 15 is 0 Å². The van der Waals surface area contributed by atoms with Gasteiger partial charge in [0.15, 0.2) is 0 Å². The van der Waals surface area contributed by atoms with Gasteiger partial charge in [0.2, 0.25) is 0 Å². The molecule has 0 saturated heterocycles. The van der Waals surface area contributed by atoms with Gasteiger partial charge in [0.25, 0.3) is 5.91 Å². The van der Waals surface area contributed by atoms with Gasteiger partial charge in [-0.2, -0.15) is 13.2 Å². The average molecular weight is 344 g/mol. The molecule has 0 atom stereocenters. The summed E-state index contributed by atoms with van der Waals surface area (Å²) >= 11 is 0. The molecule has 1 aromatic rings. The van der Waals surface area contributed by atoms with Crippen LogP contribution in [0.25, 0.3) is 0 Å². The number of hydrogen-bond donors (Lipinski definition) is 2. The Kier molecular flexibility index (Phi) is 5.15. The number of nitrogens with one attached hydrogen (secondary N) is 1. The molecule has 0 aliphatic heterocycles. The summed E-state index contributed by atoms with van der Waals surface area (Å²) in [6, 6.07) is 1.70. The summed E-state index contributed by atoms with van der Waals surface area (Å²) in [4.78, 5) is 27.1. The number of nitrogens with zero attached hydrogens (tertiary/aromatic N) is 1. The van der Waals surface area contributed by atoms with Crippen molar-refractivity contribution in [1.29, 1.82) is 0 Å². The fourth-order valence-corrected chi connectivity index (χ4v) is 2.96. The van der Waals surface area contributed by atoms with Crippen LogP contribution in [0.4, 0.5) is 13.2 Å². The number of amides is 1. The smallest absolute Gasteiger partial charge is 0.433 e. The van der Waals surface area contributed by atoms with Gasteiger partial charge in [-0.25, -0.2) is 4.79 Å². The Morgan fingerprint density at radius 2 is 1.96 bits per heavy atom. The molecule has 0 unspecified atom stereocenters. The molecule has 0 bridgehead atoms. The van der Waals surface area contributed by atoms with E-state index in [0.29, 0.717) is 37.7 Å². The first-order valence-electron chi connectivity index (χ1n) is 7.77. The lowest BCUT2D eigenvalue weighted by Gasteiger charge is -2.37. The lowest BCUT2D eigenvalue weighted by molar-refractivity contribution is -0.146. The van der Waals surface area contributed by atoms with Crippen LogP contribution in [0, 0.1) is 5.92 Å². The van der Waals surface area contributed by atoms with Gasteiger partial charge in [-0.1, -0.05) is 13.3 Å². The highest BCUT2D eigenvalue weighted by atomic mass is 19.4. The second kappa shape index (κ2) is 6.78. The molecule has 2 N–H and O–H groups in total. The van der Waals surface area contributed by atoms with Crippen molar-refractivity contribution in [1.82, 2.24) is 10.3 Å². The summed E-state index contributed by atoms with van der Waals surface area (Å²) in [5.74, 6) is -1.42. The van der Waals surface area contributed by atoms with Crippen LogP contribution < -0.4 is 5.32 Å². The molecule has 1 fully saturated rings. The van der Waals surface area contributed by atoms with E-state index in [1.54, 1.807) is 0 Å². The summed E-state index contributed by atoms with van der Waals surface area (Å²) in [6.07, 6.45) is -0.836. The quantitative estimate of drug-likeness (QED) is 0.879. The van der Waals surface area contributed by atoms with Crippen molar-refractivity contribution in [2.75, 3.05) is 0 Å². The van der Waals surface area contributed by atoms with Crippen LogP contribution in [0.15, 0.2) is 18.3 Å². The van der Waals surface area contributed by atoms with Crippen molar-refractivity contribution < 1.29 is 27.9 Å². The SMILES string of the molecule is CCC1CCC(NC(=O)c2ccc(C(F)(F)F)nc2)(C(=O)O)CC1. The van der Waals surface area contributed by atoms with Crippen LogP contribution in [0.3, 0.4) is 0 Å². The Balaban J connectivity index is 2.13. The number of pyridine rings is 1. The summed E-state index contributed by atoms with van der Waals surface area (Å²) in [5, 5.41) is 12.0. The summed E-state index contributed by atoms with van der Waals surface area (Å²) < 4.78 is 37.5. The van der Waals surface area contributed by atoms with Crippen LogP contribution in [-0.2, 0) is 11.0 Å². The number of carboxylic acid groups (broad SMARTS) is 1. The first-order valence-corrected chi connectivity index (χ1v) is 7.77. The number of alkyl halides is 3. The normalized spacial score (nSPS) is 24.4. The zero-order valence-corrected chi connectivity index (χ0v) is 13.2. The second-order valence-corrected chi connectivity index (χ2v) is 6.12. The van der Waals surface area contributed by atoms with E-state index in [-0.39, 0.29) is 5.56 Å². The third kappa shape index (κ3) is 3.85. The van der Waals surface area contributed by atoms with Crippen LogP contribution in [0.2, 0.25) is 0 Å². The number of carbonyl (C=O) groups excluding carboxylic acids is 1. The summed E-state index contributed by atoms with van der Waals surface area (Å²) in [6.45, 7) is 2.03. The number of aromatic nitrogens is 1. The topological polar surface area (TPSA) is 79.3 Å². The highest BCUT2D eigenvalue weighted by Crippen LogP contribution is 2.34. The van der Waals surface area contributed by atoms with Gasteiger partial charge in [0, 0.05) is 6.20 Å². The van der Waals surface area contributed by atoms with Crippen molar-refractivity contribution in [3.63, 3.8) is 0 Å². The second-order valence-electron chi connectivity index (χ2n) is 6.12. The molecule has 0 aromatic carbocycles. The Hall–Kier alpha value is -2.12. The summed E-state index contributed by atoms with van der Waals surface area (Å²) in [5.41, 5.74) is -2.57. The van der Waals surface area contributed by atoms with E-state index in [4.69, 9.17) is 0 Å². The first-order chi connectivity index (χ1) is 11.2. The average Bonchev–Trinajstić information content (AvgIpc) is 2.54. The van der Waals surface area contributed by atoms with Gasteiger partial charge < -0.3 is 10.4 Å². The maximum Gasteiger partial charge on any atom is 0.433 e. The van der Waals surface area contributed by atoms with Crippen molar-refractivity contribution in [2.45, 2.75) is 50.7 Å². The lowest BCUT2D eigenvalue weighted by Crippen LogP contribution is -2.56. The molecular formula is C16H19F3N2O3. The third-order valence-corrected chi connectivity index (χ3v) is 4.61. The molecule has 1 aromatic heterocycles. The van der Waals surface area contributed by atoms with Gasteiger partial charge in [-0.15, -0.1) is 0 Å². The Morgan fingerprint density at radius 1 is 1.33 bits per heavy atom. The third-order valence-electron chi connectivity index (χ3n) is 4.61. The minimum Gasteiger partial charge on any atom is -0.480 e. The Labute approximate surface area is 137 Å². The van der Waals surface area contributed by atoms with E-state index in [2.05, 4.69) is 10.3 Å². The Morgan fingerprint density at radius 3 is 2.38 bits per heavy atom. The van der Waals surface area contributed by atoms with E-state index < -0.39 is 29.3 Å². The van der Waals surface area contributed by atoms with Crippen LogP contribution >= 0.6 is 0 Å². The maximum atomic E-state index is 12.5. The minimum atomic E-state index is -4.59. The molecule has 1 aliphatic carbocycles. The molecular weight excluding hydrogens is 325 g/mol. The maximum absolute atomic E-state index is 12.5. The number of aliphatic carboxylic acids is 1. The molecule has 0 radical (unpaired) electrons. The van der Waals surface area contributed by atoms with Crippen LogP contribution in [0.1, 0.15) is 55.1 Å². The van der Waals surface area contributed by atoms with Crippen molar-refractivity contribution >= 4 is 11.9 Å². The summed E-state index contributed by atoms with van der Waals surface area (Å²) in [7, 11) is 0. The molecule has 2 rings (SSSR count). The predicted molar refractivity (Wildman–Crippen MR) is 79.3 cm³/mol. The fraction of sp³-hybridized carbons (Fsp3) is 0.562. The number of hydrogen-bond acceptors (Lipinski definition) is 3. The zero-order valence-electron chi connectivity index (χ0n) is 13.2. The van der Waals surface area contributed by atoms with E-state index in [1.807, 2.05) is 6.92 Å². The van der Waals surface area contributed by atoms with E-state index in [9.17, 15) is 27.9 Å². The highest BCUT2D eigenvalue weighted by molar-refractivity contribution is 5.97. The van der Waals surface area contributed by atoms with Crippen molar-refractivity contribution in [2.24, 2.45) is 5.92 Å². The largest absolute Gasteiger partial charge is 0.480 e. The molecule has 0 spiro atoms. The van der Waals surface area contributed by atoms with Gasteiger partial charge in [-0.05, 0) is 43.7 Å². The fourth-order valence-electron chi connectivity index (χ4n) is 2.96. The van der Waals surface area contributed by atoms with Gasteiger partial charge in [-0.3, -0.25) is 9.78 Å².